The Hall–Kier alpha value is -2.28. The Bertz CT molecular complexity index is 733. The van der Waals surface area contributed by atoms with Crippen molar-refractivity contribution in [2.75, 3.05) is 13.1 Å². The van der Waals surface area contributed by atoms with E-state index in [2.05, 4.69) is 19.1 Å². The molecule has 1 amide bonds. The Morgan fingerprint density at radius 2 is 2.05 bits per heavy atom. The zero-order chi connectivity index (χ0) is 15.5. The topological polar surface area (TPSA) is 49.0 Å². The summed E-state index contributed by atoms with van der Waals surface area (Å²) in [6.07, 6.45) is 6.13. The lowest BCUT2D eigenvalue weighted by molar-refractivity contribution is -0.132. The van der Waals surface area contributed by atoms with Gasteiger partial charge in [-0.3, -0.25) is 4.79 Å². The summed E-state index contributed by atoms with van der Waals surface area (Å²) in [7, 11) is 0. The molecule has 0 atom stereocenters. The highest BCUT2D eigenvalue weighted by Crippen LogP contribution is 2.25. The van der Waals surface area contributed by atoms with Crippen LogP contribution in [0.15, 0.2) is 24.4 Å². The van der Waals surface area contributed by atoms with Crippen molar-refractivity contribution in [3.8, 4) is 6.07 Å². The molecule has 0 bridgehead atoms. The lowest BCUT2D eigenvalue weighted by atomic mass is 10.1. The largest absolute Gasteiger partial charge is 0.341 e. The predicted molar refractivity (Wildman–Crippen MR) is 86.5 cm³/mol. The standard InChI is InChI=1S/C18H21N3O/c1-2-14-7-6-8-16-15(11-19)12-21(18(14)16)13-17(22)20-9-4-3-5-10-20/h6-8,12H,2-5,9-10,13H2,1H3. The summed E-state index contributed by atoms with van der Waals surface area (Å²) < 4.78 is 1.96. The van der Waals surface area contributed by atoms with Crippen molar-refractivity contribution in [3.05, 3.63) is 35.5 Å². The molecule has 0 unspecified atom stereocenters. The van der Waals surface area contributed by atoms with Gasteiger partial charge in [-0.2, -0.15) is 5.26 Å². The van der Waals surface area contributed by atoms with Crippen molar-refractivity contribution in [1.82, 2.24) is 9.47 Å². The number of nitriles is 1. The lowest BCUT2D eigenvalue weighted by Crippen LogP contribution is -2.37. The number of benzene rings is 1. The average Bonchev–Trinajstić information content (AvgIpc) is 2.93. The molecule has 0 aliphatic carbocycles. The van der Waals surface area contributed by atoms with Gasteiger partial charge in [0.1, 0.15) is 12.6 Å². The third kappa shape index (κ3) is 2.59. The Morgan fingerprint density at radius 3 is 2.73 bits per heavy atom. The third-order valence-corrected chi connectivity index (χ3v) is 4.50. The molecule has 4 heteroatoms. The second-order valence-corrected chi connectivity index (χ2v) is 5.89. The smallest absolute Gasteiger partial charge is 0.242 e. The van der Waals surface area contributed by atoms with Gasteiger partial charge in [0.15, 0.2) is 0 Å². The highest BCUT2D eigenvalue weighted by molar-refractivity contribution is 5.90. The molecule has 1 aromatic carbocycles. The fraction of sp³-hybridized carbons (Fsp3) is 0.444. The van der Waals surface area contributed by atoms with E-state index in [1.54, 1.807) is 0 Å². The van der Waals surface area contributed by atoms with Crippen LogP contribution in [-0.4, -0.2) is 28.5 Å². The van der Waals surface area contributed by atoms with Crippen LogP contribution >= 0.6 is 0 Å². The van der Waals surface area contributed by atoms with Gasteiger partial charge in [-0.1, -0.05) is 25.1 Å². The molecule has 114 valence electrons. The molecule has 4 nitrogen and oxygen atoms in total. The Labute approximate surface area is 130 Å². The number of hydrogen-bond acceptors (Lipinski definition) is 2. The van der Waals surface area contributed by atoms with Crippen LogP contribution in [0, 0.1) is 11.3 Å². The van der Waals surface area contributed by atoms with Gasteiger partial charge in [0.05, 0.1) is 11.1 Å². The maximum atomic E-state index is 12.5. The van der Waals surface area contributed by atoms with Crippen LogP contribution in [0.25, 0.3) is 10.9 Å². The summed E-state index contributed by atoms with van der Waals surface area (Å²) in [4.78, 5) is 14.5. The lowest BCUT2D eigenvalue weighted by Gasteiger charge is -2.27. The number of aryl methyl sites for hydroxylation is 1. The molecule has 1 fully saturated rings. The number of hydrogen-bond donors (Lipinski definition) is 0. The first kappa shape index (κ1) is 14.6. The number of para-hydroxylation sites is 1. The van der Waals surface area contributed by atoms with Crippen molar-refractivity contribution in [2.24, 2.45) is 0 Å². The fourth-order valence-corrected chi connectivity index (χ4v) is 3.33. The zero-order valence-electron chi connectivity index (χ0n) is 13.0. The van der Waals surface area contributed by atoms with E-state index < -0.39 is 0 Å². The number of amides is 1. The van der Waals surface area contributed by atoms with Crippen molar-refractivity contribution < 1.29 is 4.79 Å². The van der Waals surface area contributed by atoms with E-state index in [0.717, 1.165) is 43.3 Å². The van der Waals surface area contributed by atoms with E-state index in [1.807, 2.05) is 27.8 Å². The first-order chi connectivity index (χ1) is 10.7. The average molecular weight is 295 g/mol. The first-order valence-electron chi connectivity index (χ1n) is 8.03. The molecule has 1 aliphatic rings. The number of likely N-dealkylation sites (tertiary alicyclic amines) is 1. The molecule has 1 aromatic heterocycles. The van der Waals surface area contributed by atoms with Crippen molar-refractivity contribution >= 4 is 16.8 Å². The van der Waals surface area contributed by atoms with E-state index in [9.17, 15) is 10.1 Å². The summed E-state index contributed by atoms with van der Waals surface area (Å²) in [5.74, 6) is 0.159. The van der Waals surface area contributed by atoms with Crippen LogP contribution in [0.1, 0.15) is 37.3 Å². The molecule has 0 N–H and O–H groups in total. The van der Waals surface area contributed by atoms with Crippen molar-refractivity contribution in [1.29, 1.82) is 5.26 Å². The van der Waals surface area contributed by atoms with E-state index in [1.165, 1.54) is 12.0 Å². The number of piperidine rings is 1. The molecule has 1 saturated heterocycles. The Balaban J connectivity index is 1.96. The monoisotopic (exact) mass is 295 g/mol. The SMILES string of the molecule is CCc1cccc2c(C#N)cn(CC(=O)N3CCCCC3)c12. The number of nitrogens with zero attached hydrogens (tertiary/aromatic N) is 3. The number of aromatic nitrogens is 1. The van der Waals surface area contributed by atoms with Crippen molar-refractivity contribution in [3.63, 3.8) is 0 Å². The fourth-order valence-electron chi connectivity index (χ4n) is 3.33. The van der Waals surface area contributed by atoms with E-state index in [-0.39, 0.29) is 5.91 Å². The van der Waals surface area contributed by atoms with Gasteiger partial charge < -0.3 is 9.47 Å². The molecule has 3 rings (SSSR count). The summed E-state index contributed by atoms with van der Waals surface area (Å²) in [6.45, 7) is 4.16. The van der Waals surface area contributed by atoms with Crippen LogP contribution in [-0.2, 0) is 17.8 Å². The van der Waals surface area contributed by atoms with Crippen molar-refractivity contribution in [2.45, 2.75) is 39.2 Å². The molecule has 0 saturated carbocycles. The minimum Gasteiger partial charge on any atom is -0.341 e. The van der Waals surface area contributed by atoms with Gasteiger partial charge in [-0.05, 0) is 31.2 Å². The van der Waals surface area contributed by atoms with Crippen LogP contribution in [0.2, 0.25) is 0 Å². The second-order valence-electron chi connectivity index (χ2n) is 5.89. The summed E-state index contributed by atoms with van der Waals surface area (Å²) in [6, 6.07) is 8.28. The molecular weight excluding hydrogens is 274 g/mol. The third-order valence-electron chi connectivity index (χ3n) is 4.50. The molecule has 2 heterocycles. The van der Waals surface area contributed by atoms with Gasteiger partial charge in [0, 0.05) is 24.7 Å². The van der Waals surface area contributed by atoms with Gasteiger partial charge in [-0.15, -0.1) is 0 Å². The summed E-state index contributed by atoms with van der Waals surface area (Å²) >= 11 is 0. The normalized spacial score (nSPS) is 15.0. The maximum Gasteiger partial charge on any atom is 0.242 e. The molecule has 1 aliphatic heterocycles. The van der Waals surface area contributed by atoms with Crippen LogP contribution in [0.3, 0.4) is 0 Å². The van der Waals surface area contributed by atoms with Crippen LogP contribution < -0.4 is 0 Å². The van der Waals surface area contributed by atoms with E-state index >= 15 is 0 Å². The number of carbonyl (C=O) groups is 1. The maximum absolute atomic E-state index is 12.5. The Morgan fingerprint density at radius 1 is 1.27 bits per heavy atom. The molecule has 0 radical (unpaired) electrons. The second kappa shape index (κ2) is 6.23. The van der Waals surface area contributed by atoms with E-state index in [4.69, 9.17) is 0 Å². The molecule has 0 spiro atoms. The molecule has 2 aromatic rings. The highest BCUT2D eigenvalue weighted by Gasteiger charge is 2.19. The number of carbonyl (C=O) groups excluding carboxylic acids is 1. The Kier molecular flexibility index (Phi) is 4.15. The zero-order valence-corrected chi connectivity index (χ0v) is 13.0. The minimum absolute atomic E-state index is 0.159. The number of fused-ring (bicyclic) bond motifs is 1. The van der Waals surface area contributed by atoms with Gasteiger partial charge in [0.2, 0.25) is 5.91 Å². The molecule has 22 heavy (non-hydrogen) atoms. The predicted octanol–water partition coefficient (Wildman–Crippen LogP) is 3.09. The quantitative estimate of drug-likeness (QED) is 0.873. The first-order valence-corrected chi connectivity index (χ1v) is 8.03. The van der Waals surface area contributed by atoms with Crippen LogP contribution in [0.5, 0.6) is 0 Å². The van der Waals surface area contributed by atoms with Gasteiger partial charge in [0.25, 0.3) is 0 Å². The van der Waals surface area contributed by atoms with Gasteiger partial charge >= 0.3 is 0 Å². The summed E-state index contributed by atoms with van der Waals surface area (Å²) in [5.41, 5.74) is 2.87. The minimum atomic E-state index is 0.159. The number of rotatable bonds is 3. The van der Waals surface area contributed by atoms with Gasteiger partial charge in [-0.25, -0.2) is 0 Å². The molecular formula is C18H21N3O. The van der Waals surface area contributed by atoms with Crippen LogP contribution in [0.4, 0.5) is 0 Å². The highest BCUT2D eigenvalue weighted by atomic mass is 16.2. The summed E-state index contributed by atoms with van der Waals surface area (Å²) in [5, 5.41) is 10.3. The van der Waals surface area contributed by atoms with E-state index in [0.29, 0.717) is 12.1 Å².